The molecule has 2 aliphatic rings. The highest BCUT2D eigenvalue weighted by molar-refractivity contribution is 6.41. The summed E-state index contributed by atoms with van der Waals surface area (Å²) in [5.41, 5.74) is 7.29. The second-order valence-electron chi connectivity index (χ2n) is 9.59. The number of nitrogens with two attached hydrogens (primary N) is 1. The van der Waals surface area contributed by atoms with E-state index in [0.29, 0.717) is 56.7 Å². The Bertz CT molecular complexity index is 1250. The zero-order valence-electron chi connectivity index (χ0n) is 19.6. The molecule has 3 aromatic rings. The minimum Gasteiger partial charge on any atom is -0.391 e. The first-order chi connectivity index (χ1) is 17.3. The summed E-state index contributed by atoms with van der Waals surface area (Å²) in [6, 6.07) is 3.16. The van der Waals surface area contributed by atoms with Crippen LogP contribution in [0.3, 0.4) is 0 Å². The summed E-state index contributed by atoms with van der Waals surface area (Å²) in [5, 5.41) is 18.1. The molecule has 0 radical (unpaired) electrons. The minimum absolute atomic E-state index is 0.0287. The van der Waals surface area contributed by atoms with Crippen molar-refractivity contribution in [1.29, 1.82) is 0 Å². The number of nitrogens with one attached hydrogen (secondary N) is 2. The number of primary amides is 1. The van der Waals surface area contributed by atoms with Crippen molar-refractivity contribution in [2.75, 3.05) is 10.6 Å². The number of hydrogen-bond donors (Lipinski definition) is 4. The first-order valence-corrected chi connectivity index (χ1v) is 13.3. The number of nitrogens with zero attached hydrogens (tertiary/aromatic N) is 4. The Morgan fingerprint density at radius 2 is 1.72 bits per heavy atom. The van der Waals surface area contributed by atoms with Crippen LogP contribution in [0, 0.1) is 5.92 Å². The Morgan fingerprint density at radius 1 is 1.03 bits per heavy atom. The Morgan fingerprint density at radius 3 is 2.39 bits per heavy atom. The van der Waals surface area contributed by atoms with Crippen LogP contribution in [0.15, 0.2) is 18.3 Å². The van der Waals surface area contributed by atoms with Crippen molar-refractivity contribution in [2.45, 2.75) is 69.6 Å². The van der Waals surface area contributed by atoms with Crippen LogP contribution in [0.5, 0.6) is 0 Å². The second-order valence-corrected chi connectivity index (χ2v) is 10.8. The van der Waals surface area contributed by atoms with E-state index in [-0.39, 0.29) is 23.9 Å². The fourth-order valence-electron chi connectivity index (χ4n) is 5.23. The van der Waals surface area contributed by atoms with E-state index in [2.05, 4.69) is 15.6 Å². The number of carbonyl (C=O) groups excluding carboxylic acids is 1. The molecule has 0 aliphatic heterocycles. The first kappa shape index (κ1) is 25.3. The van der Waals surface area contributed by atoms with Gasteiger partial charge in [-0.15, -0.1) is 0 Å². The molecule has 12 heteroatoms. The van der Waals surface area contributed by atoms with Gasteiger partial charge in [-0.05, 0) is 50.7 Å². The lowest BCUT2D eigenvalue weighted by atomic mass is 9.85. The van der Waals surface area contributed by atoms with E-state index < -0.39 is 6.10 Å². The molecular formula is C24H28Cl3N7O2. The maximum absolute atomic E-state index is 11.7. The molecule has 9 nitrogen and oxygen atoms in total. The van der Waals surface area contributed by atoms with Crippen LogP contribution < -0.4 is 16.4 Å². The Hall–Kier alpha value is -2.33. The average molecular weight is 553 g/mol. The van der Waals surface area contributed by atoms with Crippen molar-refractivity contribution in [3.63, 3.8) is 0 Å². The monoisotopic (exact) mass is 551 g/mol. The number of rotatable bonds is 6. The molecule has 0 bridgehead atoms. The zero-order valence-corrected chi connectivity index (χ0v) is 21.8. The summed E-state index contributed by atoms with van der Waals surface area (Å²) >= 11 is 19.0. The first-order valence-electron chi connectivity index (χ1n) is 12.2. The molecule has 2 heterocycles. The standard InChI is InChI=1S/C24H28Cl3N7O2/c25-13-9-15(26)20(16(27)10-13)32-24-31-18-11-29-23(30-17-3-1-2-4-19(17)35)33-22(18)34(24)14-7-5-12(6-8-14)21(28)36/h9-12,14,17,19,35H,1-8H2,(H2,28,36)(H,31,32)(H,29,30,33)/t12?,14?,17?,19-/m0/s1. The highest BCUT2D eigenvalue weighted by Crippen LogP contribution is 2.40. The molecule has 0 saturated heterocycles. The van der Waals surface area contributed by atoms with Crippen LogP contribution in [-0.2, 0) is 4.79 Å². The van der Waals surface area contributed by atoms with E-state index in [1.807, 2.05) is 4.57 Å². The summed E-state index contributed by atoms with van der Waals surface area (Å²) in [6.07, 6.45) is 7.78. The van der Waals surface area contributed by atoms with Crippen molar-refractivity contribution >= 4 is 69.5 Å². The molecule has 36 heavy (non-hydrogen) atoms. The number of carbonyl (C=O) groups is 1. The predicted octanol–water partition coefficient (Wildman–Crippen LogP) is 5.46. The van der Waals surface area contributed by atoms with Gasteiger partial charge >= 0.3 is 0 Å². The smallest absolute Gasteiger partial charge is 0.225 e. The molecule has 5 rings (SSSR count). The predicted molar refractivity (Wildman–Crippen MR) is 142 cm³/mol. The molecule has 2 aromatic heterocycles. The SMILES string of the molecule is NC(=O)C1CCC(n2c(Nc3c(Cl)cc(Cl)cc3Cl)nc3cnc(NC4CCCC[C@@H]4O)nc32)CC1. The van der Waals surface area contributed by atoms with E-state index in [1.165, 1.54) is 0 Å². The number of fused-ring (bicyclic) bond motifs is 1. The largest absolute Gasteiger partial charge is 0.391 e. The lowest BCUT2D eigenvalue weighted by Crippen LogP contribution is -2.36. The van der Waals surface area contributed by atoms with Gasteiger partial charge in [0.1, 0.15) is 5.52 Å². The van der Waals surface area contributed by atoms with Crippen molar-refractivity contribution < 1.29 is 9.90 Å². The van der Waals surface area contributed by atoms with Gasteiger partial charge in [-0.3, -0.25) is 9.36 Å². The normalized spacial score (nSPS) is 24.6. The number of hydrogen-bond acceptors (Lipinski definition) is 7. The van der Waals surface area contributed by atoms with Gasteiger partial charge in [0.2, 0.25) is 17.8 Å². The van der Waals surface area contributed by atoms with Gasteiger partial charge in [0.15, 0.2) is 5.65 Å². The van der Waals surface area contributed by atoms with Crippen LogP contribution in [-0.4, -0.2) is 42.7 Å². The molecule has 2 atom stereocenters. The number of imidazole rings is 1. The van der Waals surface area contributed by atoms with E-state index >= 15 is 0 Å². The lowest BCUT2D eigenvalue weighted by Gasteiger charge is -2.29. The molecular weight excluding hydrogens is 525 g/mol. The number of aliphatic hydroxyl groups excluding tert-OH is 1. The van der Waals surface area contributed by atoms with Gasteiger partial charge in [-0.25, -0.2) is 9.97 Å². The average Bonchev–Trinajstić information content (AvgIpc) is 3.20. The van der Waals surface area contributed by atoms with Crippen LogP contribution in [0.1, 0.15) is 57.4 Å². The van der Waals surface area contributed by atoms with Crippen molar-refractivity contribution in [2.24, 2.45) is 11.7 Å². The maximum atomic E-state index is 11.7. The fraction of sp³-hybridized carbons (Fsp3) is 0.500. The highest BCUT2D eigenvalue weighted by atomic mass is 35.5. The molecule has 5 N–H and O–H groups in total. The number of anilines is 3. The molecule has 1 aromatic carbocycles. The van der Waals surface area contributed by atoms with Crippen LogP contribution in [0.2, 0.25) is 15.1 Å². The van der Waals surface area contributed by atoms with E-state index in [1.54, 1.807) is 18.3 Å². The molecule has 1 unspecified atom stereocenters. The topological polar surface area (TPSA) is 131 Å². The summed E-state index contributed by atoms with van der Waals surface area (Å²) in [7, 11) is 0. The number of amides is 1. The summed E-state index contributed by atoms with van der Waals surface area (Å²) in [5.74, 6) is 0.562. The number of benzene rings is 1. The van der Waals surface area contributed by atoms with Crippen LogP contribution >= 0.6 is 34.8 Å². The van der Waals surface area contributed by atoms with E-state index in [4.69, 9.17) is 50.5 Å². The molecule has 2 fully saturated rings. The quantitative estimate of drug-likeness (QED) is 0.319. The Labute approximate surface area is 223 Å². The van der Waals surface area contributed by atoms with Gasteiger partial charge in [0, 0.05) is 17.0 Å². The fourth-order valence-corrected chi connectivity index (χ4v) is 6.14. The maximum Gasteiger partial charge on any atom is 0.225 e. The number of aliphatic hydroxyl groups is 1. The van der Waals surface area contributed by atoms with Gasteiger partial charge in [-0.2, -0.15) is 4.98 Å². The Kier molecular flexibility index (Phi) is 7.44. The van der Waals surface area contributed by atoms with Crippen LogP contribution in [0.25, 0.3) is 11.2 Å². The van der Waals surface area contributed by atoms with E-state index in [9.17, 15) is 9.90 Å². The van der Waals surface area contributed by atoms with Crippen molar-refractivity contribution in [1.82, 2.24) is 19.5 Å². The second kappa shape index (κ2) is 10.6. The molecule has 2 saturated carbocycles. The molecule has 2 aliphatic carbocycles. The third kappa shape index (κ3) is 5.20. The molecule has 1 amide bonds. The van der Waals surface area contributed by atoms with Gasteiger partial charge in [-0.1, -0.05) is 47.6 Å². The van der Waals surface area contributed by atoms with Crippen molar-refractivity contribution in [3.8, 4) is 0 Å². The molecule has 192 valence electrons. The van der Waals surface area contributed by atoms with Crippen LogP contribution in [0.4, 0.5) is 17.6 Å². The zero-order chi connectivity index (χ0) is 25.4. The third-order valence-corrected chi connectivity index (χ3v) is 8.00. The summed E-state index contributed by atoms with van der Waals surface area (Å²) in [4.78, 5) is 25.7. The lowest BCUT2D eigenvalue weighted by molar-refractivity contribution is -0.122. The van der Waals surface area contributed by atoms with Gasteiger partial charge in [0.05, 0.1) is 34.1 Å². The van der Waals surface area contributed by atoms with Gasteiger partial charge in [0.25, 0.3) is 0 Å². The highest BCUT2D eigenvalue weighted by Gasteiger charge is 2.30. The van der Waals surface area contributed by atoms with Gasteiger partial charge < -0.3 is 21.5 Å². The summed E-state index contributed by atoms with van der Waals surface area (Å²) < 4.78 is 2.03. The van der Waals surface area contributed by atoms with Crippen molar-refractivity contribution in [3.05, 3.63) is 33.4 Å². The Balaban J connectivity index is 1.53. The van der Waals surface area contributed by atoms with E-state index in [0.717, 1.165) is 38.5 Å². The number of halogens is 3. The third-order valence-electron chi connectivity index (χ3n) is 7.18. The number of aromatic nitrogens is 4. The molecule has 0 spiro atoms. The summed E-state index contributed by atoms with van der Waals surface area (Å²) in [6.45, 7) is 0. The minimum atomic E-state index is -0.432.